The first kappa shape index (κ1) is 25.5. The summed E-state index contributed by atoms with van der Waals surface area (Å²) in [5.41, 5.74) is 5.59. The van der Waals surface area contributed by atoms with Crippen LogP contribution in [0.4, 0.5) is 4.39 Å². The van der Waals surface area contributed by atoms with Gasteiger partial charge < -0.3 is 14.6 Å². The van der Waals surface area contributed by atoms with Gasteiger partial charge in [-0.15, -0.1) is 0 Å². The van der Waals surface area contributed by atoms with Crippen molar-refractivity contribution in [3.8, 4) is 22.6 Å². The Hall–Kier alpha value is -3.60. The highest BCUT2D eigenvalue weighted by molar-refractivity contribution is 5.82. The maximum atomic E-state index is 14.9. The number of halogens is 1. The van der Waals surface area contributed by atoms with E-state index in [2.05, 4.69) is 12.1 Å². The van der Waals surface area contributed by atoms with Crippen molar-refractivity contribution >= 4 is 11.5 Å². The van der Waals surface area contributed by atoms with E-state index >= 15 is 0 Å². The maximum Gasteiger partial charge on any atom is 0.303 e. The van der Waals surface area contributed by atoms with Crippen LogP contribution in [0.1, 0.15) is 68.1 Å². The van der Waals surface area contributed by atoms with Crippen molar-refractivity contribution in [2.75, 3.05) is 7.11 Å². The van der Waals surface area contributed by atoms with Crippen LogP contribution in [-0.2, 0) is 11.4 Å². The first-order valence-electron chi connectivity index (χ1n) is 12.6. The molecule has 0 amide bonds. The van der Waals surface area contributed by atoms with Crippen molar-refractivity contribution in [2.24, 2.45) is 0 Å². The molecule has 0 spiro atoms. The molecule has 0 fully saturated rings. The summed E-state index contributed by atoms with van der Waals surface area (Å²) in [6.45, 7) is 2.26. The third kappa shape index (κ3) is 6.34. The Morgan fingerprint density at radius 2 is 1.83 bits per heavy atom. The second-order valence-electron chi connectivity index (χ2n) is 9.41. The number of carboxylic acids is 1. The summed E-state index contributed by atoms with van der Waals surface area (Å²) < 4.78 is 26.4. The summed E-state index contributed by atoms with van der Waals surface area (Å²) in [7, 11) is 1.59. The molecule has 5 heteroatoms. The molecule has 0 radical (unpaired) electrons. The van der Waals surface area contributed by atoms with Crippen LogP contribution >= 0.6 is 0 Å². The number of aliphatic carboxylic acids is 1. The molecular formula is C31H33FO4. The summed E-state index contributed by atoms with van der Waals surface area (Å²) in [5.74, 6) is 0.126. The number of carbonyl (C=O) groups is 1. The van der Waals surface area contributed by atoms with Gasteiger partial charge in [-0.3, -0.25) is 4.79 Å². The summed E-state index contributed by atoms with van der Waals surface area (Å²) in [4.78, 5) is 11.1. The van der Waals surface area contributed by atoms with Crippen molar-refractivity contribution in [3.63, 3.8) is 0 Å². The molecule has 188 valence electrons. The molecule has 0 saturated carbocycles. The summed E-state index contributed by atoms with van der Waals surface area (Å²) in [6.07, 6.45) is 7.85. The van der Waals surface area contributed by atoms with Gasteiger partial charge in [-0.25, -0.2) is 4.39 Å². The predicted molar refractivity (Wildman–Crippen MR) is 141 cm³/mol. The summed E-state index contributed by atoms with van der Waals surface area (Å²) in [6, 6.07) is 18.5. The standard InChI is InChI=1S/C31H33FO4/c1-21(16-31(33)34)24-10-7-11-26(18-24)36-20-22-12-14-27(29-19-25(35-2)13-15-30(29)32)28(17-22)23-8-5-3-4-6-9-23/h7-8,10-15,17-19,21H,3-6,9,16,20H2,1-2H3,(H,33,34)/t21-/m0/s1. The average molecular weight is 489 g/mol. The van der Waals surface area contributed by atoms with Crippen LogP contribution in [-0.4, -0.2) is 18.2 Å². The van der Waals surface area contributed by atoms with Gasteiger partial charge in [0.1, 0.15) is 23.9 Å². The van der Waals surface area contributed by atoms with Crippen molar-refractivity contribution in [1.29, 1.82) is 0 Å². The van der Waals surface area contributed by atoms with Gasteiger partial charge in [-0.2, -0.15) is 0 Å². The number of rotatable bonds is 9. The van der Waals surface area contributed by atoms with Crippen molar-refractivity contribution in [3.05, 3.63) is 89.2 Å². The Balaban J connectivity index is 1.63. The first-order chi connectivity index (χ1) is 17.4. The molecule has 3 aromatic rings. The fourth-order valence-electron chi connectivity index (χ4n) is 4.74. The molecule has 0 aliphatic heterocycles. The lowest BCUT2D eigenvalue weighted by molar-refractivity contribution is -0.137. The zero-order valence-electron chi connectivity index (χ0n) is 20.9. The Kier molecular flexibility index (Phi) is 8.42. The van der Waals surface area contributed by atoms with Crippen LogP contribution in [0.5, 0.6) is 11.5 Å². The van der Waals surface area contributed by atoms with Crippen LogP contribution in [0.15, 0.2) is 66.7 Å². The largest absolute Gasteiger partial charge is 0.497 e. The van der Waals surface area contributed by atoms with Gasteiger partial charge in [0.25, 0.3) is 0 Å². The maximum absolute atomic E-state index is 14.9. The monoisotopic (exact) mass is 488 g/mol. The van der Waals surface area contributed by atoms with Gasteiger partial charge in [0.2, 0.25) is 0 Å². The van der Waals surface area contributed by atoms with Gasteiger partial charge in [-0.1, -0.05) is 43.7 Å². The topological polar surface area (TPSA) is 55.8 Å². The fraction of sp³-hybridized carbons (Fsp3) is 0.323. The van der Waals surface area contributed by atoms with E-state index in [0.717, 1.165) is 41.5 Å². The lowest BCUT2D eigenvalue weighted by atomic mass is 9.90. The predicted octanol–water partition coefficient (Wildman–Crippen LogP) is 8.01. The van der Waals surface area contributed by atoms with Crippen LogP contribution in [0, 0.1) is 5.82 Å². The molecule has 4 nitrogen and oxygen atoms in total. The highest BCUT2D eigenvalue weighted by atomic mass is 19.1. The van der Waals surface area contributed by atoms with Gasteiger partial charge in [0.15, 0.2) is 0 Å². The molecule has 0 heterocycles. The van der Waals surface area contributed by atoms with Crippen LogP contribution < -0.4 is 9.47 Å². The lowest BCUT2D eigenvalue weighted by Gasteiger charge is -2.17. The third-order valence-electron chi connectivity index (χ3n) is 6.75. The Bertz CT molecular complexity index is 1250. The van der Waals surface area contributed by atoms with Gasteiger partial charge in [-0.05, 0) is 95.8 Å². The smallest absolute Gasteiger partial charge is 0.303 e. The van der Waals surface area contributed by atoms with Crippen LogP contribution in [0.25, 0.3) is 16.7 Å². The average Bonchev–Trinajstić information content (AvgIpc) is 3.17. The van der Waals surface area contributed by atoms with Gasteiger partial charge >= 0.3 is 5.97 Å². The second kappa shape index (κ2) is 11.9. The van der Waals surface area contributed by atoms with E-state index in [4.69, 9.17) is 14.6 Å². The number of allylic oxidation sites excluding steroid dienone is 2. The molecule has 1 atom stereocenters. The number of methoxy groups -OCH3 is 1. The Morgan fingerprint density at radius 1 is 0.972 bits per heavy atom. The van der Waals surface area contributed by atoms with E-state index in [-0.39, 0.29) is 18.2 Å². The molecule has 0 bridgehead atoms. The SMILES string of the molecule is COc1ccc(F)c(-c2ccc(COc3cccc([C@@H](C)CC(=O)O)c3)cc2C2=CCCCCC2)c1. The molecule has 0 saturated heterocycles. The van der Waals surface area contributed by atoms with Crippen LogP contribution in [0.3, 0.4) is 0 Å². The van der Waals surface area contributed by atoms with E-state index in [1.54, 1.807) is 19.2 Å². The quantitative estimate of drug-likeness (QED) is 0.331. The summed E-state index contributed by atoms with van der Waals surface area (Å²) in [5, 5.41) is 9.10. The number of ether oxygens (including phenoxy) is 2. The highest BCUT2D eigenvalue weighted by Crippen LogP contribution is 2.37. The number of hydrogen-bond donors (Lipinski definition) is 1. The van der Waals surface area contributed by atoms with Crippen molar-refractivity contribution in [1.82, 2.24) is 0 Å². The van der Waals surface area contributed by atoms with E-state index in [1.807, 2.05) is 43.3 Å². The fourth-order valence-corrected chi connectivity index (χ4v) is 4.74. The highest BCUT2D eigenvalue weighted by Gasteiger charge is 2.17. The van der Waals surface area contributed by atoms with Crippen LogP contribution in [0.2, 0.25) is 0 Å². The minimum Gasteiger partial charge on any atom is -0.497 e. The zero-order valence-corrected chi connectivity index (χ0v) is 20.9. The Morgan fingerprint density at radius 3 is 2.64 bits per heavy atom. The lowest BCUT2D eigenvalue weighted by Crippen LogP contribution is -2.03. The molecular weight excluding hydrogens is 455 g/mol. The van der Waals surface area contributed by atoms with Crippen molar-refractivity contribution in [2.45, 2.75) is 58.0 Å². The van der Waals surface area contributed by atoms with E-state index < -0.39 is 5.97 Å². The second-order valence-corrected chi connectivity index (χ2v) is 9.41. The number of carboxylic acid groups (broad SMARTS) is 1. The molecule has 3 aromatic carbocycles. The molecule has 0 aromatic heterocycles. The number of benzene rings is 3. The molecule has 1 aliphatic carbocycles. The van der Waals surface area contributed by atoms with E-state index in [0.29, 0.717) is 23.7 Å². The van der Waals surface area contributed by atoms with Gasteiger partial charge in [0.05, 0.1) is 13.5 Å². The minimum atomic E-state index is -0.818. The first-order valence-corrected chi connectivity index (χ1v) is 12.6. The third-order valence-corrected chi connectivity index (χ3v) is 6.75. The molecule has 4 rings (SSSR count). The molecule has 36 heavy (non-hydrogen) atoms. The minimum absolute atomic E-state index is 0.0736. The molecule has 1 aliphatic rings. The van der Waals surface area contributed by atoms with Gasteiger partial charge in [0, 0.05) is 5.56 Å². The Labute approximate surface area is 212 Å². The van der Waals surface area contributed by atoms with E-state index in [9.17, 15) is 9.18 Å². The summed E-state index contributed by atoms with van der Waals surface area (Å²) >= 11 is 0. The zero-order chi connectivity index (χ0) is 25.5. The number of hydrogen-bond acceptors (Lipinski definition) is 3. The molecule has 1 N–H and O–H groups in total. The van der Waals surface area contributed by atoms with Crippen molar-refractivity contribution < 1.29 is 23.8 Å². The molecule has 0 unspecified atom stereocenters. The van der Waals surface area contributed by atoms with E-state index in [1.165, 1.54) is 24.5 Å². The normalized spacial score (nSPS) is 14.5.